The van der Waals surface area contributed by atoms with Crippen LogP contribution in [0.2, 0.25) is 0 Å². The molecule has 0 aliphatic carbocycles. The lowest BCUT2D eigenvalue weighted by Gasteiger charge is -2.20. The molecule has 1 N–H and O–H groups in total. The van der Waals surface area contributed by atoms with E-state index in [0.29, 0.717) is 17.9 Å². The molecule has 1 heterocycles. The summed E-state index contributed by atoms with van der Waals surface area (Å²) in [5.74, 6) is 0.585. The monoisotopic (exact) mass is 457 g/mol. The number of aromatic nitrogens is 3. The highest BCUT2D eigenvalue weighted by Crippen LogP contribution is 2.24. The first-order valence-electron chi connectivity index (χ1n) is 11.8. The summed E-state index contributed by atoms with van der Waals surface area (Å²) in [6.07, 6.45) is 0.941. The van der Waals surface area contributed by atoms with Gasteiger partial charge >= 0.3 is 0 Å². The molecule has 1 aromatic heterocycles. The Morgan fingerprint density at radius 1 is 0.941 bits per heavy atom. The molecule has 7 heteroatoms. The number of nitrogens with one attached hydrogen (secondary N) is 1. The molecular formula is C27H31N5O2. The maximum absolute atomic E-state index is 12.8. The SMILES string of the molecule is CCCOc1ccc(C(=O)Nc2cc3nn(-c4ccc(N(CC)CC)cc4)nc3cc2C)cc1. The van der Waals surface area contributed by atoms with Crippen molar-refractivity contribution in [3.8, 4) is 11.4 Å². The van der Waals surface area contributed by atoms with Gasteiger partial charge in [-0.1, -0.05) is 6.92 Å². The van der Waals surface area contributed by atoms with Crippen LogP contribution in [0.25, 0.3) is 16.7 Å². The number of carbonyl (C=O) groups excluding carboxylic acids is 1. The molecular weight excluding hydrogens is 426 g/mol. The number of ether oxygens (including phenoxy) is 1. The maximum Gasteiger partial charge on any atom is 0.255 e. The van der Waals surface area contributed by atoms with Crippen molar-refractivity contribution in [2.45, 2.75) is 34.1 Å². The van der Waals surface area contributed by atoms with E-state index in [1.807, 2.05) is 43.3 Å². The highest BCUT2D eigenvalue weighted by Gasteiger charge is 2.12. The van der Waals surface area contributed by atoms with Crippen molar-refractivity contribution in [3.05, 3.63) is 71.8 Å². The van der Waals surface area contributed by atoms with Gasteiger partial charge in [0.15, 0.2) is 0 Å². The molecule has 4 aromatic rings. The molecule has 0 unspecified atom stereocenters. The quantitative estimate of drug-likeness (QED) is 0.353. The average molecular weight is 458 g/mol. The van der Waals surface area contributed by atoms with Gasteiger partial charge < -0.3 is 15.0 Å². The zero-order chi connectivity index (χ0) is 24.1. The number of rotatable bonds is 9. The number of aryl methyl sites for hydroxylation is 1. The number of anilines is 2. The summed E-state index contributed by atoms with van der Waals surface area (Å²) < 4.78 is 5.59. The fourth-order valence-corrected chi connectivity index (χ4v) is 3.82. The van der Waals surface area contributed by atoms with Crippen LogP contribution in [0.1, 0.15) is 43.1 Å². The topological polar surface area (TPSA) is 72.3 Å². The van der Waals surface area contributed by atoms with E-state index in [4.69, 9.17) is 4.74 Å². The smallest absolute Gasteiger partial charge is 0.255 e. The lowest BCUT2D eigenvalue weighted by molar-refractivity contribution is 0.102. The van der Waals surface area contributed by atoms with E-state index < -0.39 is 0 Å². The molecule has 0 atom stereocenters. The number of fused-ring (bicyclic) bond motifs is 1. The molecule has 0 saturated heterocycles. The van der Waals surface area contributed by atoms with E-state index in [-0.39, 0.29) is 5.91 Å². The molecule has 176 valence electrons. The largest absolute Gasteiger partial charge is 0.494 e. The summed E-state index contributed by atoms with van der Waals surface area (Å²) in [7, 11) is 0. The molecule has 7 nitrogen and oxygen atoms in total. The lowest BCUT2D eigenvalue weighted by atomic mass is 10.1. The normalized spacial score (nSPS) is 10.9. The van der Waals surface area contributed by atoms with Crippen LogP contribution in [0.3, 0.4) is 0 Å². The third-order valence-corrected chi connectivity index (χ3v) is 5.77. The first-order valence-corrected chi connectivity index (χ1v) is 11.8. The van der Waals surface area contributed by atoms with Crippen LogP contribution in [0.15, 0.2) is 60.7 Å². The van der Waals surface area contributed by atoms with Crippen molar-refractivity contribution in [2.24, 2.45) is 0 Å². The van der Waals surface area contributed by atoms with Gasteiger partial charge in [-0.05, 0) is 93.4 Å². The van der Waals surface area contributed by atoms with Gasteiger partial charge in [-0.25, -0.2) is 0 Å². The summed E-state index contributed by atoms with van der Waals surface area (Å²) >= 11 is 0. The number of benzene rings is 3. The van der Waals surface area contributed by atoms with Crippen molar-refractivity contribution in [1.82, 2.24) is 15.0 Å². The Morgan fingerprint density at radius 2 is 1.59 bits per heavy atom. The van der Waals surface area contributed by atoms with E-state index in [2.05, 4.69) is 53.3 Å². The fraction of sp³-hybridized carbons (Fsp3) is 0.296. The maximum atomic E-state index is 12.8. The molecule has 0 aliphatic rings. The second kappa shape index (κ2) is 10.4. The van der Waals surface area contributed by atoms with Gasteiger partial charge in [0.1, 0.15) is 16.8 Å². The summed E-state index contributed by atoms with van der Waals surface area (Å²) in [6.45, 7) is 10.9. The Balaban J connectivity index is 1.53. The van der Waals surface area contributed by atoms with Crippen LogP contribution >= 0.6 is 0 Å². The summed E-state index contributed by atoms with van der Waals surface area (Å²) in [4.78, 5) is 16.7. The number of carbonyl (C=O) groups is 1. The van der Waals surface area contributed by atoms with Crippen molar-refractivity contribution < 1.29 is 9.53 Å². The van der Waals surface area contributed by atoms with Crippen molar-refractivity contribution >= 4 is 28.3 Å². The molecule has 0 spiro atoms. The van der Waals surface area contributed by atoms with Crippen LogP contribution < -0.4 is 15.0 Å². The molecule has 1 amide bonds. The van der Waals surface area contributed by atoms with E-state index >= 15 is 0 Å². The predicted molar refractivity (Wildman–Crippen MR) is 137 cm³/mol. The predicted octanol–water partition coefficient (Wildman–Crippen LogP) is 5.62. The Hall–Kier alpha value is -3.87. The van der Waals surface area contributed by atoms with E-state index in [1.165, 1.54) is 5.69 Å². The molecule has 3 aromatic carbocycles. The first-order chi connectivity index (χ1) is 16.5. The van der Waals surface area contributed by atoms with Gasteiger partial charge in [-0.3, -0.25) is 4.79 Å². The minimum absolute atomic E-state index is 0.177. The van der Waals surface area contributed by atoms with Gasteiger partial charge in [-0.15, -0.1) is 10.2 Å². The highest BCUT2D eigenvalue weighted by molar-refractivity contribution is 6.05. The Bertz CT molecular complexity index is 1260. The van der Waals surface area contributed by atoms with Crippen LogP contribution in [0.4, 0.5) is 11.4 Å². The minimum atomic E-state index is -0.177. The van der Waals surface area contributed by atoms with Crippen LogP contribution in [0.5, 0.6) is 5.75 Å². The van der Waals surface area contributed by atoms with Gasteiger partial charge in [0.2, 0.25) is 0 Å². The number of nitrogens with zero attached hydrogens (tertiary/aromatic N) is 4. The van der Waals surface area contributed by atoms with Crippen LogP contribution in [0, 0.1) is 6.92 Å². The Kier molecular flexibility index (Phi) is 7.11. The zero-order valence-electron chi connectivity index (χ0n) is 20.2. The van der Waals surface area contributed by atoms with Gasteiger partial charge in [-0.2, -0.15) is 4.80 Å². The van der Waals surface area contributed by atoms with Gasteiger partial charge in [0.05, 0.1) is 12.3 Å². The molecule has 0 aliphatic heterocycles. The summed E-state index contributed by atoms with van der Waals surface area (Å²) in [6, 6.07) is 19.2. The minimum Gasteiger partial charge on any atom is -0.494 e. The van der Waals surface area contributed by atoms with E-state index in [0.717, 1.165) is 47.5 Å². The van der Waals surface area contributed by atoms with Crippen molar-refractivity contribution in [3.63, 3.8) is 0 Å². The van der Waals surface area contributed by atoms with Gasteiger partial charge in [0, 0.05) is 30.0 Å². The first kappa shape index (κ1) is 23.3. The number of hydrogen-bond donors (Lipinski definition) is 1. The van der Waals surface area contributed by atoms with Crippen LogP contribution in [-0.4, -0.2) is 40.6 Å². The molecule has 0 fully saturated rings. The van der Waals surface area contributed by atoms with Gasteiger partial charge in [0.25, 0.3) is 5.91 Å². The van der Waals surface area contributed by atoms with Crippen LogP contribution in [-0.2, 0) is 0 Å². The third kappa shape index (κ3) is 5.03. The Morgan fingerprint density at radius 3 is 2.21 bits per heavy atom. The molecule has 4 rings (SSSR count). The number of amides is 1. The fourth-order valence-electron chi connectivity index (χ4n) is 3.82. The summed E-state index contributed by atoms with van der Waals surface area (Å²) in [5.41, 5.74) is 5.77. The third-order valence-electron chi connectivity index (χ3n) is 5.77. The molecule has 0 bridgehead atoms. The zero-order valence-corrected chi connectivity index (χ0v) is 20.2. The van der Waals surface area contributed by atoms with E-state index in [9.17, 15) is 4.79 Å². The number of hydrogen-bond acceptors (Lipinski definition) is 5. The lowest BCUT2D eigenvalue weighted by Crippen LogP contribution is -2.21. The highest BCUT2D eigenvalue weighted by atomic mass is 16.5. The van der Waals surface area contributed by atoms with E-state index in [1.54, 1.807) is 16.9 Å². The second-order valence-electron chi connectivity index (χ2n) is 8.16. The van der Waals surface area contributed by atoms with Crippen molar-refractivity contribution in [1.29, 1.82) is 0 Å². The molecule has 0 saturated carbocycles. The molecule has 34 heavy (non-hydrogen) atoms. The van der Waals surface area contributed by atoms with Crippen molar-refractivity contribution in [2.75, 3.05) is 29.9 Å². The molecule has 0 radical (unpaired) electrons. The average Bonchev–Trinajstić information content (AvgIpc) is 3.27. The summed E-state index contributed by atoms with van der Waals surface area (Å²) in [5, 5.41) is 12.3. The standard InChI is InChI=1S/C27H31N5O2/c1-5-16-34-23-14-8-20(9-15-23)27(33)28-24-18-26-25(17-19(24)4)29-32(30-26)22-12-10-21(11-13-22)31(6-2)7-3/h8-15,17-18H,5-7,16H2,1-4H3,(H,28,33). The second-order valence-corrected chi connectivity index (χ2v) is 8.16. The Labute approximate surface area is 200 Å².